The van der Waals surface area contributed by atoms with Crippen LogP contribution in [0.3, 0.4) is 0 Å². The fourth-order valence-corrected chi connectivity index (χ4v) is 1.33. The van der Waals surface area contributed by atoms with E-state index in [9.17, 15) is 0 Å². The van der Waals surface area contributed by atoms with Crippen molar-refractivity contribution in [3.05, 3.63) is 12.2 Å². The number of rotatable bonds is 3. The molecule has 0 fully saturated rings. The maximum absolute atomic E-state index is 3.47. The van der Waals surface area contributed by atoms with E-state index in [1.165, 1.54) is 25.7 Å². The Morgan fingerprint density at radius 2 is 2.40 bits per heavy atom. The quantitative estimate of drug-likeness (QED) is 0.590. The Labute approximate surface area is 63.5 Å². The molecule has 58 valence electrons. The SMILES string of the molecule is CCCCC1CC=CCN1. The van der Waals surface area contributed by atoms with Gasteiger partial charge in [0.25, 0.3) is 0 Å². The Bertz CT molecular complexity index is 107. The molecule has 1 N–H and O–H groups in total. The average molecular weight is 139 g/mol. The molecule has 0 aromatic rings. The molecule has 0 aliphatic carbocycles. The monoisotopic (exact) mass is 139 g/mol. The Morgan fingerprint density at radius 3 is 3.00 bits per heavy atom. The van der Waals surface area contributed by atoms with Gasteiger partial charge in [-0.2, -0.15) is 0 Å². The first-order chi connectivity index (χ1) is 4.93. The molecule has 0 bridgehead atoms. The third-order valence-corrected chi connectivity index (χ3v) is 2.02. The van der Waals surface area contributed by atoms with Gasteiger partial charge in [-0.25, -0.2) is 0 Å². The van der Waals surface area contributed by atoms with Crippen LogP contribution >= 0.6 is 0 Å². The molecule has 1 aliphatic heterocycles. The predicted octanol–water partition coefficient (Wildman–Crippen LogP) is 2.09. The topological polar surface area (TPSA) is 12.0 Å². The Balaban J connectivity index is 2.10. The van der Waals surface area contributed by atoms with Crippen molar-refractivity contribution < 1.29 is 0 Å². The van der Waals surface area contributed by atoms with Crippen LogP contribution in [0.5, 0.6) is 0 Å². The van der Waals surface area contributed by atoms with Gasteiger partial charge in [-0.1, -0.05) is 31.9 Å². The van der Waals surface area contributed by atoms with E-state index in [0.29, 0.717) is 0 Å². The Morgan fingerprint density at radius 1 is 1.50 bits per heavy atom. The summed E-state index contributed by atoms with van der Waals surface area (Å²) in [7, 11) is 0. The molecule has 0 radical (unpaired) electrons. The van der Waals surface area contributed by atoms with Crippen molar-refractivity contribution in [3.63, 3.8) is 0 Å². The van der Waals surface area contributed by atoms with Crippen LogP contribution in [0.25, 0.3) is 0 Å². The first-order valence-corrected chi connectivity index (χ1v) is 4.32. The van der Waals surface area contributed by atoms with Crippen LogP contribution in [0.1, 0.15) is 32.6 Å². The molecule has 0 spiro atoms. The van der Waals surface area contributed by atoms with Gasteiger partial charge >= 0.3 is 0 Å². The van der Waals surface area contributed by atoms with Crippen LogP contribution in [0.2, 0.25) is 0 Å². The lowest BCUT2D eigenvalue weighted by molar-refractivity contribution is 0.476. The van der Waals surface area contributed by atoms with Gasteiger partial charge in [-0.05, 0) is 12.8 Å². The lowest BCUT2D eigenvalue weighted by Crippen LogP contribution is -2.31. The summed E-state index contributed by atoms with van der Waals surface area (Å²) in [4.78, 5) is 0. The standard InChI is InChI=1S/C9H17N/c1-2-3-6-9-7-4-5-8-10-9/h4-5,9-10H,2-3,6-8H2,1H3. The van der Waals surface area contributed by atoms with E-state index < -0.39 is 0 Å². The molecular formula is C9H17N. The summed E-state index contributed by atoms with van der Waals surface area (Å²) >= 11 is 0. The second-order valence-corrected chi connectivity index (χ2v) is 2.95. The van der Waals surface area contributed by atoms with E-state index in [4.69, 9.17) is 0 Å². The Kier molecular flexibility index (Phi) is 3.52. The van der Waals surface area contributed by atoms with Crippen molar-refractivity contribution in [1.82, 2.24) is 5.32 Å². The maximum atomic E-state index is 3.47. The number of hydrogen-bond donors (Lipinski definition) is 1. The summed E-state index contributed by atoms with van der Waals surface area (Å²) in [6.45, 7) is 3.33. The van der Waals surface area contributed by atoms with Crippen molar-refractivity contribution in [2.24, 2.45) is 0 Å². The van der Waals surface area contributed by atoms with Crippen LogP contribution in [0, 0.1) is 0 Å². The third-order valence-electron chi connectivity index (χ3n) is 2.02. The van der Waals surface area contributed by atoms with Crippen LogP contribution in [-0.4, -0.2) is 12.6 Å². The minimum atomic E-state index is 0.768. The fourth-order valence-electron chi connectivity index (χ4n) is 1.33. The molecule has 1 heterocycles. The van der Waals surface area contributed by atoms with Crippen molar-refractivity contribution >= 4 is 0 Å². The van der Waals surface area contributed by atoms with E-state index in [-0.39, 0.29) is 0 Å². The molecule has 0 aromatic carbocycles. The predicted molar refractivity (Wildman–Crippen MR) is 45.1 cm³/mol. The van der Waals surface area contributed by atoms with Crippen LogP contribution in [0.4, 0.5) is 0 Å². The molecule has 10 heavy (non-hydrogen) atoms. The second-order valence-electron chi connectivity index (χ2n) is 2.95. The lowest BCUT2D eigenvalue weighted by Gasteiger charge is -2.18. The van der Waals surface area contributed by atoms with Crippen molar-refractivity contribution in [2.75, 3.05) is 6.54 Å². The molecule has 1 nitrogen and oxygen atoms in total. The lowest BCUT2D eigenvalue weighted by atomic mass is 10.0. The highest BCUT2D eigenvalue weighted by Crippen LogP contribution is 2.07. The van der Waals surface area contributed by atoms with Gasteiger partial charge in [0.1, 0.15) is 0 Å². The fraction of sp³-hybridized carbons (Fsp3) is 0.778. The highest BCUT2D eigenvalue weighted by molar-refractivity contribution is 4.93. The minimum absolute atomic E-state index is 0.768. The second kappa shape index (κ2) is 4.51. The molecule has 1 rings (SSSR count). The molecule has 1 heteroatoms. The highest BCUT2D eigenvalue weighted by Gasteiger charge is 2.06. The van der Waals surface area contributed by atoms with Gasteiger partial charge in [0.05, 0.1) is 0 Å². The zero-order chi connectivity index (χ0) is 7.23. The summed E-state index contributed by atoms with van der Waals surface area (Å²) in [5, 5.41) is 3.47. The molecule has 0 saturated carbocycles. The number of hydrogen-bond acceptors (Lipinski definition) is 1. The smallest absolute Gasteiger partial charge is 0.0137 e. The van der Waals surface area contributed by atoms with Gasteiger partial charge in [0.2, 0.25) is 0 Å². The first kappa shape index (κ1) is 7.80. The summed E-state index contributed by atoms with van der Waals surface area (Å²) in [6, 6.07) is 0.768. The van der Waals surface area contributed by atoms with Gasteiger partial charge in [-0.15, -0.1) is 0 Å². The normalized spacial score (nSPS) is 25.1. The summed E-state index contributed by atoms with van der Waals surface area (Å²) in [6.07, 6.45) is 9.77. The van der Waals surface area contributed by atoms with E-state index in [1.807, 2.05) is 0 Å². The Hall–Kier alpha value is -0.300. The largest absolute Gasteiger partial charge is 0.310 e. The van der Waals surface area contributed by atoms with E-state index >= 15 is 0 Å². The minimum Gasteiger partial charge on any atom is -0.310 e. The first-order valence-electron chi connectivity index (χ1n) is 4.32. The molecular weight excluding hydrogens is 122 g/mol. The summed E-state index contributed by atoms with van der Waals surface area (Å²) < 4.78 is 0. The maximum Gasteiger partial charge on any atom is 0.0137 e. The van der Waals surface area contributed by atoms with Gasteiger partial charge in [0, 0.05) is 12.6 Å². The molecule has 0 saturated heterocycles. The average Bonchev–Trinajstić information content (AvgIpc) is 2.03. The van der Waals surface area contributed by atoms with Crippen LogP contribution in [0.15, 0.2) is 12.2 Å². The van der Waals surface area contributed by atoms with Gasteiger partial charge < -0.3 is 5.32 Å². The number of unbranched alkanes of at least 4 members (excludes halogenated alkanes) is 1. The highest BCUT2D eigenvalue weighted by atomic mass is 14.9. The summed E-state index contributed by atoms with van der Waals surface area (Å²) in [5.74, 6) is 0. The van der Waals surface area contributed by atoms with Crippen molar-refractivity contribution in [2.45, 2.75) is 38.6 Å². The van der Waals surface area contributed by atoms with E-state index in [0.717, 1.165) is 12.6 Å². The number of nitrogens with one attached hydrogen (secondary N) is 1. The van der Waals surface area contributed by atoms with Crippen LogP contribution in [-0.2, 0) is 0 Å². The molecule has 0 amide bonds. The van der Waals surface area contributed by atoms with Crippen LogP contribution < -0.4 is 5.32 Å². The van der Waals surface area contributed by atoms with Gasteiger partial charge in [-0.3, -0.25) is 0 Å². The van der Waals surface area contributed by atoms with E-state index in [2.05, 4.69) is 24.4 Å². The van der Waals surface area contributed by atoms with E-state index in [1.54, 1.807) is 0 Å². The van der Waals surface area contributed by atoms with Crippen molar-refractivity contribution in [3.8, 4) is 0 Å². The molecule has 1 unspecified atom stereocenters. The molecule has 0 aromatic heterocycles. The molecule has 1 atom stereocenters. The summed E-state index contributed by atoms with van der Waals surface area (Å²) in [5.41, 5.74) is 0. The zero-order valence-corrected chi connectivity index (χ0v) is 6.77. The third kappa shape index (κ3) is 2.53. The van der Waals surface area contributed by atoms with Gasteiger partial charge in [0.15, 0.2) is 0 Å². The van der Waals surface area contributed by atoms with Crippen molar-refractivity contribution in [1.29, 1.82) is 0 Å². The zero-order valence-electron chi connectivity index (χ0n) is 6.77. The molecule has 1 aliphatic rings.